The number of aryl methyl sites for hydroxylation is 1. The molecular formula is C14H16FNOS. The van der Waals surface area contributed by atoms with Crippen LogP contribution in [0.3, 0.4) is 0 Å². The number of aliphatic hydroxyl groups excluding tert-OH is 1. The van der Waals surface area contributed by atoms with E-state index < -0.39 is 0 Å². The summed E-state index contributed by atoms with van der Waals surface area (Å²) >= 11 is 1.66. The van der Waals surface area contributed by atoms with Crippen LogP contribution in [0.2, 0.25) is 0 Å². The summed E-state index contributed by atoms with van der Waals surface area (Å²) in [6.07, 6.45) is 0. The highest BCUT2D eigenvalue weighted by Crippen LogP contribution is 2.18. The molecule has 2 aromatic rings. The fourth-order valence-electron chi connectivity index (χ4n) is 1.75. The summed E-state index contributed by atoms with van der Waals surface area (Å²) in [4.78, 5) is 1.20. The van der Waals surface area contributed by atoms with Crippen LogP contribution in [0.5, 0.6) is 0 Å². The molecule has 0 fully saturated rings. The van der Waals surface area contributed by atoms with Crippen LogP contribution in [0.4, 0.5) is 4.39 Å². The molecule has 2 nitrogen and oxygen atoms in total. The standard InChI is InChI=1S/C14H16FNOS/c1-10-4-5-11(7-13(10)15)14(9-17)16-8-12-3-2-6-18-12/h2-7,14,16-17H,8-9H2,1H3. The zero-order chi connectivity index (χ0) is 13.0. The first-order valence-corrected chi connectivity index (χ1v) is 6.71. The minimum atomic E-state index is -0.234. The van der Waals surface area contributed by atoms with E-state index in [0.29, 0.717) is 12.1 Å². The van der Waals surface area contributed by atoms with Gasteiger partial charge in [-0.15, -0.1) is 11.3 Å². The first kappa shape index (κ1) is 13.2. The van der Waals surface area contributed by atoms with Crippen LogP contribution >= 0.6 is 11.3 Å². The lowest BCUT2D eigenvalue weighted by Gasteiger charge is -2.16. The number of hydrogen-bond donors (Lipinski definition) is 2. The predicted octanol–water partition coefficient (Wildman–Crippen LogP) is 3.02. The van der Waals surface area contributed by atoms with Gasteiger partial charge in [-0.1, -0.05) is 18.2 Å². The lowest BCUT2D eigenvalue weighted by molar-refractivity contribution is 0.243. The SMILES string of the molecule is Cc1ccc(C(CO)NCc2cccs2)cc1F. The number of hydrogen-bond acceptors (Lipinski definition) is 3. The van der Waals surface area contributed by atoms with Gasteiger partial charge in [-0.05, 0) is 35.6 Å². The van der Waals surface area contributed by atoms with Crippen LogP contribution in [-0.2, 0) is 6.54 Å². The van der Waals surface area contributed by atoms with Gasteiger partial charge in [0, 0.05) is 11.4 Å². The van der Waals surface area contributed by atoms with Gasteiger partial charge in [-0.25, -0.2) is 4.39 Å². The van der Waals surface area contributed by atoms with Gasteiger partial charge in [0.15, 0.2) is 0 Å². The van der Waals surface area contributed by atoms with E-state index in [-0.39, 0.29) is 18.5 Å². The third kappa shape index (κ3) is 3.16. The van der Waals surface area contributed by atoms with Crippen LogP contribution in [-0.4, -0.2) is 11.7 Å². The second-order valence-electron chi connectivity index (χ2n) is 4.20. The van der Waals surface area contributed by atoms with Gasteiger partial charge >= 0.3 is 0 Å². The molecule has 1 atom stereocenters. The molecule has 0 amide bonds. The van der Waals surface area contributed by atoms with E-state index in [1.54, 1.807) is 24.3 Å². The Balaban J connectivity index is 2.05. The molecular weight excluding hydrogens is 249 g/mol. The summed E-state index contributed by atoms with van der Waals surface area (Å²) in [5.41, 5.74) is 1.39. The van der Waals surface area contributed by atoms with Crippen molar-refractivity contribution >= 4 is 11.3 Å². The zero-order valence-electron chi connectivity index (χ0n) is 10.2. The molecule has 96 valence electrons. The van der Waals surface area contributed by atoms with Crippen molar-refractivity contribution in [1.82, 2.24) is 5.32 Å². The smallest absolute Gasteiger partial charge is 0.126 e. The Morgan fingerprint density at radius 1 is 1.39 bits per heavy atom. The molecule has 0 saturated carbocycles. The van der Waals surface area contributed by atoms with Crippen LogP contribution in [0.25, 0.3) is 0 Å². The number of nitrogens with one attached hydrogen (secondary N) is 1. The molecule has 0 radical (unpaired) electrons. The lowest BCUT2D eigenvalue weighted by Crippen LogP contribution is -2.23. The average molecular weight is 265 g/mol. The number of thiophene rings is 1. The third-order valence-corrected chi connectivity index (χ3v) is 3.76. The van der Waals surface area contributed by atoms with Crippen molar-refractivity contribution < 1.29 is 9.50 Å². The number of benzene rings is 1. The Morgan fingerprint density at radius 3 is 2.83 bits per heavy atom. The quantitative estimate of drug-likeness (QED) is 0.871. The Hall–Kier alpha value is -1.23. The molecule has 18 heavy (non-hydrogen) atoms. The maximum atomic E-state index is 13.5. The number of aliphatic hydroxyl groups is 1. The molecule has 0 aliphatic rings. The van der Waals surface area contributed by atoms with Gasteiger partial charge in [-0.3, -0.25) is 0 Å². The third-order valence-electron chi connectivity index (χ3n) is 2.88. The highest BCUT2D eigenvalue weighted by molar-refractivity contribution is 7.09. The van der Waals surface area contributed by atoms with Crippen molar-refractivity contribution in [3.8, 4) is 0 Å². The summed E-state index contributed by atoms with van der Waals surface area (Å²) in [6.45, 7) is 2.36. The first-order chi connectivity index (χ1) is 8.70. The first-order valence-electron chi connectivity index (χ1n) is 5.83. The molecule has 0 aliphatic carbocycles. The molecule has 2 N–H and O–H groups in total. The minimum Gasteiger partial charge on any atom is -0.394 e. The van der Waals surface area contributed by atoms with E-state index in [1.165, 1.54) is 10.9 Å². The van der Waals surface area contributed by atoms with E-state index in [1.807, 2.05) is 23.6 Å². The van der Waals surface area contributed by atoms with Crippen LogP contribution in [0.1, 0.15) is 22.0 Å². The fraction of sp³-hybridized carbons (Fsp3) is 0.286. The summed E-state index contributed by atoms with van der Waals surface area (Å²) in [7, 11) is 0. The molecule has 4 heteroatoms. The summed E-state index contributed by atoms with van der Waals surface area (Å²) in [5, 5.41) is 14.6. The van der Waals surface area contributed by atoms with Gasteiger partial charge in [0.05, 0.1) is 12.6 Å². The maximum absolute atomic E-state index is 13.5. The number of halogens is 1. The molecule has 0 bridgehead atoms. The average Bonchev–Trinajstić information content (AvgIpc) is 2.87. The van der Waals surface area contributed by atoms with Crippen LogP contribution in [0, 0.1) is 12.7 Å². The summed E-state index contributed by atoms with van der Waals surface area (Å²) in [5.74, 6) is -0.233. The summed E-state index contributed by atoms with van der Waals surface area (Å²) in [6, 6.07) is 8.85. The maximum Gasteiger partial charge on any atom is 0.126 e. The second kappa shape index (κ2) is 6.09. The number of rotatable bonds is 5. The van der Waals surface area contributed by atoms with E-state index in [4.69, 9.17) is 0 Å². The highest BCUT2D eigenvalue weighted by Gasteiger charge is 2.11. The van der Waals surface area contributed by atoms with Gasteiger partial charge < -0.3 is 10.4 Å². The largest absolute Gasteiger partial charge is 0.394 e. The van der Waals surface area contributed by atoms with Gasteiger partial charge in [0.1, 0.15) is 5.82 Å². The predicted molar refractivity (Wildman–Crippen MR) is 72.1 cm³/mol. The van der Waals surface area contributed by atoms with E-state index in [0.717, 1.165) is 5.56 Å². The van der Waals surface area contributed by atoms with E-state index in [2.05, 4.69) is 5.32 Å². The fourth-order valence-corrected chi connectivity index (χ4v) is 2.41. The Labute approximate surface area is 110 Å². The molecule has 1 heterocycles. The van der Waals surface area contributed by atoms with Gasteiger partial charge in [0.25, 0.3) is 0 Å². The van der Waals surface area contributed by atoms with Crippen molar-refractivity contribution in [2.24, 2.45) is 0 Å². The Kier molecular flexibility index (Phi) is 4.47. The van der Waals surface area contributed by atoms with Crippen molar-refractivity contribution in [1.29, 1.82) is 0 Å². The molecule has 1 aromatic heterocycles. The highest BCUT2D eigenvalue weighted by atomic mass is 32.1. The minimum absolute atomic E-state index is 0.0477. The Morgan fingerprint density at radius 2 is 2.22 bits per heavy atom. The van der Waals surface area contributed by atoms with Crippen molar-refractivity contribution in [3.05, 3.63) is 57.5 Å². The zero-order valence-corrected chi connectivity index (χ0v) is 11.0. The molecule has 0 spiro atoms. The molecule has 0 aliphatic heterocycles. The molecule has 1 unspecified atom stereocenters. The Bertz CT molecular complexity index is 499. The van der Waals surface area contributed by atoms with Gasteiger partial charge in [-0.2, -0.15) is 0 Å². The van der Waals surface area contributed by atoms with Crippen LogP contribution in [0.15, 0.2) is 35.7 Å². The summed E-state index contributed by atoms with van der Waals surface area (Å²) < 4.78 is 13.5. The lowest BCUT2D eigenvalue weighted by atomic mass is 10.1. The molecule has 0 saturated heterocycles. The van der Waals surface area contributed by atoms with Crippen molar-refractivity contribution in [3.63, 3.8) is 0 Å². The van der Waals surface area contributed by atoms with Crippen molar-refractivity contribution in [2.75, 3.05) is 6.61 Å². The molecule has 1 aromatic carbocycles. The van der Waals surface area contributed by atoms with E-state index >= 15 is 0 Å². The van der Waals surface area contributed by atoms with Gasteiger partial charge in [0.2, 0.25) is 0 Å². The van der Waals surface area contributed by atoms with Crippen LogP contribution < -0.4 is 5.32 Å². The topological polar surface area (TPSA) is 32.3 Å². The van der Waals surface area contributed by atoms with E-state index in [9.17, 15) is 9.50 Å². The molecule has 2 rings (SSSR count). The monoisotopic (exact) mass is 265 g/mol. The second-order valence-corrected chi connectivity index (χ2v) is 5.24. The normalized spacial score (nSPS) is 12.6. The van der Waals surface area contributed by atoms with Crippen molar-refractivity contribution in [2.45, 2.75) is 19.5 Å².